The minimum absolute atomic E-state index is 0.475. The first kappa shape index (κ1) is 14.0. The molecule has 0 aliphatic rings. The highest BCUT2D eigenvalue weighted by Gasteiger charge is 2.15. The Labute approximate surface area is 117 Å². The first-order chi connectivity index (χ1) is 9.24. The maximum atomic E-state index is 10.2. The van der Waals surface area contributed by atoms with Crippen LogP contribution in [-0.2, 0) is 12.8 Å². The fourth-order valence-corrected chi connectivity index (χ4v) is 2.70. The van der Waals surface area contributed by atoms with Gasteiger partial charge in [-0.05, 0) is 48.5 Å². The first-order valence-electron chi connectivity index (χ1n) is 6.36. The molecule has 1 unspecified atom stereocenters. The van der Waals surface area contributed by atoms with Crippen LogP contribution in [0.25, 0.3) is 0 Å². The van der Waals surface area contributed by atoms with Gasteiger partial charge in [-0.2, -0.15) is 0 Å². The summed E-state index contributed by atoms with van der Waals surface area (Å²) in [5.74, 6) is 0.851. The summed E-state index contributed by atoms with van der Waals surface area (Å²) in [6.07, 6.45) is 1.85. The smallest absolute Gasteiger partial charge is 0.118 e. The third kappa shape index (κ3) is 3.52. The average Bonchev–Trinajstić information content (AvgIpc) is 2.93. The number of hydrogen-bond acceptors (Lipinski definition) is 5. The molecule has 1 aromatic carbocycles. The number of nitrogens with zero attached hydrogens (tertiary/aromatic N) is 2. The predicted octanol–water partition coefficient (Wildman–Crippen LogP) is 2.78. The minimum Gasteiger partial charge on any atom is -0.497 e. The number of rotatable bonds is 6. The highest BCUT2D eigenvalue weighted by Crippen LogP contribution is 2.25. The molecule has 0 bridgehead atoms. The molecule has 0 spiro atoms. The van der Waals surface area contributed by atoms with Gasteiger partial charge in [-0.15, -0.1) is 5.10 Å². The van der Waals surface area contributed by atoms with Gasteiger partial charge >= 0.3 is 0 Å². The van der Waals surface area contributed by atoms with Gasteiger partial charge in [0.2, 0.25) is 0 Å². The second-order valence-corrected chi connectivity index (χ2v) is 5.13. The van der Waals surface area contributed by atoms with Crippen molar-refractivity contribution >= 4 is 11.5 Å². The van der Waals surface area contributed by atoms with Gasteiger partial charge in [-0.3, -0.25) is 0 Å². The summed E-state index contributed by atoms with van der Waals surface area (Å²) in [7, 11) is 1.65. The van der Waals surface area contributed by atoms with Crippen molar-refractivity contribution in [1.82, 2.24) is 9.59 Å². The van der Waals surface area contributed by atoms with Crippen LogP contribution in [0.15, 0.2) is 24.3 Å². The van der Waals surface area contributed by atoms with E-state index in [0.29, 0.717) is 6.42 Å². The van der Waals surface area contributed by atoms with Crippen LogP contribution in [0.1, 0.15) is 35.6 Å². The van der Waals surface area contributed by atoms with Crippen LogP contribution in [0.3, 0.4) is 0 Å². The zero-order chi connectivity index (χ0) is 13.7. The Bertz CT molecular complexity index is 510. The van der Waals surface area contributed by atoms with E-state index in [0.717, 1.165) is 29.2 Å². The summed E-state index contributed by atoms with van der Waals surface area (Å²) >= 11 is 1.29. The van der Waals surface area contributed by atoms with E-state index in [4.69, 9.17) is 4.74 Å². The Morgan fingerprint density at radius 2 is 2.05 bits per heavy atom. The molecule has 1 aromatic heterocycles. The summed E-state index contributed by atoms with van der Waals surface area (Å²) in [6.45, 7) is 2.02. The van der Waals surface area contributed by atoms with Gasteiger partial charge in [-0.1, -0.05) is 23.5 Å². The number of aliphatic hydroxyl groups excluding tert-OH is 1. The third-order valence-electron chi connectivity index (χ3n) is 3.09. The van der Waals surface area contributed by atoms with Crippen LogP contribution in [0, 0.1) is 0 Å². The molecule has 0 amide bonds. The quantitative estimate of drug-likeness (QED) is 0.882. The fourth-order valence-electron chi connectivity index (χ4n) is 1.94. The van der Waals surface area contributed by atoms with Gasteiger partial charge in [0.25, 0.3) is 0 Å². The molecule has 0 radical (unpaired) electrons. The van der Waals surface area contributed by atoms with Gasteiger partial charge in [0.15, 0.2) is 0 Å². The van der Waals surface area contributed by atoms with E-state index >= 15 is 0 Å². The van der Waals surface area contributed by atoms with Crippen LogP contribution in [-0.4, -0.2) is 21.8 Å². The molecular weight excluding hydrogens is 260 g/mol. The van der Waals surface area contributed by atoms with E-state index < -0.39 is 6.10 Å². The van der Waals surface area contributed by atoms with Crippen molar-refractivity contribution in [2.24, 2.45) is 0 Å². The van der Waals surface area contributed by atoms with Gasteiger partial charge in [0.1, 0.15) is 5.75 Å². The lowest BCUT2D eigenvalue weighted by molar-refractivity contribution is 0.170. The van der Waals surface area contributed by atoms with Crippen LogP contribution in [0.4, 0.5) is 0 Å². The average molecular weight is 278 g/mol. The Morgan fingerprint density at radius 1 is 1.32 bits per heavy atom. The molecule has 5 heteroatoms. The topological polar surface area (TPSA) is 55.2 Å². The van der Waals surface area contributed by atoms with Crippen molar-refractivity contribution in [2.75, 3.05) is 7.11 Å². The molecule has 1 heterocycles. The number of aliphatic hydroxyl groups is 1. The maximum absolute atomic E-state index is 10.2. The number of benzene rings is 1. The van der Waals surface area contributed by atoms with E-state index in [9.17, 15) is 5.11 Å². The van der Waals surface area contributed by atoms with Crippen LogP contribution < -0.4 is 4.74 Å². The molecule has 1 N–H and O–H groups in total. The van der Waals surface area contributed by atoms with Crippen molar-refractivity contribution in [3.8, 4) is 5.75 Å². The number of methoxy groups -OCH3 is 1. The van der Waals surface area contributed by atoms with E-state index in [-0.39, 0.29) is 0 Å². The Morgan fingerprint density at radius 3 is 2.68 bits per heavy atom. The lowest BCUT2D eigenvalue weighted by Crippen LogP contribution is -2.01. The zero-order valence-electron chi connectivity index (χ0n) is 11.2. The fraction of sp³-hybridized carbons (Fsp3) is 0.429. The second kappa shape index (κ2) is 6.63. The maximum Gasteiger partial charge on any atom is 0.118 e. The van der Waals surface area contributed by atoms with Crippen molar-refractivity contribution in [3.63, 3.8) is 0 Å². The normalized spacial score (nSPS) is 12.4. The number of hydrogen-bond donors (Lipinski definition) is 1. The van der Waals surface area contributed by atoms with E-state index in [2.05, 4.69) is 9.59 Å². The molecule has 4 nitrogen and oxygen atoms in total. The second-order valence-electron chi connectivity index (χ2n) is 4.34. The highest BCUT2D eigenvalue weighted by atomic mass is 32.1. The summed E-state index contributed by atoms with van der Waals surface area (Å²) in [5.41, 5.74) is 2.10. The largest absolute Gasteiger partial charge is 0.497 e. The van der Waals surface area contributed by atoms with E-state index in [1.54, 1.807) is 7.11 Å². The van der Waals surface area contributed by atoms with Crippen LogP contribution in [0.2, 0.25) is 0 Å². The molecule has 0 aliphatic carbocycles. The Kier molecular flexibility index (Phi) is 4.87. The summed E-state index contributed by atoms with van der Waals surface area (Å²) in [4.78, 5) is 0.899. The molecule has 0 saturated carbocycles. The van der Waals surface area contributed by atoms with Gasteiger partial charge < -0.3 is 9.84 Å². The number of aromatic nitrogens is 2. The molecule has 0 aliphatic heterocycles. The van der Waals surface area contributed by atoms with Crippen molar-refractivity contribution in [3.05, 3.63) is 40.4 Å². The molecule has 19 heavy (non-hydrogen) atoms. The van der Waals surface area contributed by atoms with E-state index in [1.807, 2.05) is 31.2 Å². The molecule has 2 aromatic rings. The molecule has 0 fully saturated rings. The number of aryl methyl sites for hydroxylation is 2. The predicted molar refractivity (Wildman–Crippen MR) is 75.6 cm³/mol. The Balaban J connectivity index is 1.94. The highest BCUT2D eigenvalue weighted by molar-refractivity contribution is 7.05. The summed E-state index contributed by atoms with van der Waals surface area (Å²) in [5, 5.41) is 14.2. The van der Waals surface area contributed by atoms with Gasteiger partial charge in [0.05, 0.1) is 23.8 Å². The molecular formula is C14H18N2O2S. The minimum atomic E-state index is -0.475. The molecule has 102 valence electrons. The number of ether oxygens (including phenoxy) is 1. The first-order valence-corrected chi connectivity index (χ1v) is 7.14. The van der Waals surface area contributed by atoms with Crippen LogP contribution >= 0.6 is 11.5 Å². The summed E-state index contributed by atoms with van der Waals surface area (Å²) < 4.78 is 9.03. The molecule has 2 rings (SSSR count). The van der Waals surface area contributed by atoms with Crippen LogP contribution in [0.5, 0.6) is 5.75 Å². The third-order valence-corrected chi connectivity index (χ3v) is 3.96. The van der Waals surface area contributed by atoms with Gasteiger partial charge in [-0.25, -0.2) is 0 Å². The van der Waals surface area contributed by atoms with Crippen molar-refractivity contribution in [2.45, 2.75) is 32.3 Å². The standard InChI is InChI=1S/C14H18N2O2S/c1-3-12-14(19-16-15-12)13(17)9-6-10-4-7-11(18-2)8-5-10/h4-5,7-8,13,17H,3,6,9H2,1-2H3. The summed E-state index contributed by atoms with van der Waals surface area (Å²) in [6, 6.07) is 7.93. The van der Waals surface area contributed by atoms with Crippen molar-refractivity contribution < 1.29 is 9.84 Å². The Hall–Kier alpha value is -1.46. The molecule has 1 atom stereocenters. The lowest BCUT2D eigenvalue weighted by Gasteiger charge is -2.09. The lowest BCUT2D eigenvalue weighted by atomic mass is 10.0. The van der Waals surface area contributed by atoms with Gasteiger partial charge in [0, 0.05) is 0 Å². The zero-order valence-corrected chi connectivity index (χ0v) is 12.0. The van der Waals surface area contributed by atoms with Crippen molar-refractivity contribution in [1.29, 1.82) is 0 Å². The SMILES string of the molecule is CCc1nnsc1C(O)CCc1ccc(OC)cc1. The monoisotopic (exact) mass is 278 g/mol. The molecule has 0 saturated heterocycles. The van der Waals surface area contributed by atoms with E-state index in [1.165, 1.54) is 17.1 Å².